The van der Waals surface area contributed by atoms with Crippen molar-refractivity contribution in [1.82, 2.24) is 0 Å². The van der Waals surface area contributed by atoms with E-state index >= 15 is 0 Å². The van der Waals surface area contributed by atoms with Crippen molar-refractivity contribution in [1.29, 1.82) is 0 Å². The summed E-state index contributed by atoms with van der Waals surface area (Å²) in [6.07, 6.45) is 2.11. The smallest absolute Gasteiger partial charge is 0.310 e. The van der Waals surface area contributed by atoms with Gasteiger partial charge in [0, 0.05) is 6.04 Å². The van der Waals surface area contributed by atoms with Crippen molar-refractivity contribution in [3.8, 4) is 0 Å². The first kappa shape index (κ1) is 15.7. The lowest BCUT2D eigenvalue weighted by atomic mass is 10.0. The van der Waals surface area contributed by atoms with Crippen LogP contribution in [-0.4, -0.2) is 17.6 Å². The van der Waals surface area contributed by atoms with Crippen LogP contribution in [0.2, 0.25) is 0 Å². The predicted octanol–water partition coefficient (Wildman–Crippen LogP) is 2.85. The Morgan fingerprint density at radius 3 is 2.53 bits per heavy atom. The molecule has 2 N–H and O–H groups in total. The van der Waals surface area contributed by atoms with E-state index in [-0.39, 0.29) is 12.0 Å². The standard InChI is InChI=1S/C16H25NO2/c1-5-14(17)10-12-7-6-8-13(9-12)11-15(18)19-16(2,3)4/h6-9,14H,5,10-11,17H2,1-4H3/t14-/m1/s1. The Labute approximate surface area is 116 Å². The number of carbonyl (C=O) groups excluding carboxylic acids is 1. The van der Waals surface area contributed by atoms with E-state index in [1.165, 1.54) is 5.56 Å². The number of nitrogens with two attached hydrogens (primary N) is 1. The molecule has 0 bridgehead atoms. The normalized spacial score (nSPS) is 13.1. The van der Waals surface area contributed by atoms with Crippen LogP contribution in [0.3, 0.4) is 0 Å². The number of ether oxygens (including phenoxy) is 1. The highest BCUT2D eigenvalue weighted by Crippen LogP contribution is 2.12. The topological polar surface area (TPSA) is 52.3 Å². The summed E-state index contributed by atoms with van der Waals surface area (Å²) in [7, 11) is 0. The summed E-state index contributed by atoms with van der Waals surface area (Å²) in [5.74, 6) is -0.190. The molecule has 0 heterocycles. The van der Waals surface area contributed by atoms with Crippen molar-refractivity contribution in [2.75, 3.05) is 0 Å². The number of hydrogen-bond donors (Lipinski definition) is 1. The zero-order valence-corrected chi connectivity index (χ0v) is 12.4. The Morgan fingerprint density at radius 1 is 1.32 bits per heavy atom. The van der Waals surface area contributed by atoms with E-state index < -0.39 is 5.60 Å². The van der Waals surface area contributed by atoms with Gasteiger partial charge in [0.2, 0.25) is 0 Å². The third kappa shape index (κ3) is 6.39. The Morgan fingerprint density at radius 2 is 1.95 bits per heavy atom. The maximum absolute atomic E-state index is 11.8. The molecular weight excluding hydrogens is 238 g/mol. The molecule has 3 heteroatoms. The SMILES string of the molecule is CC[C@@H](N)Cc1cccc(CC(=O)OC(C)(C)C)c1. The molecule has 3 nitrogen and oxygen atoms in total. The molecular formula is C16H25NO2. The van der Waals surface area contributed by atoms with Crippen LogP contribution in [0, 0.1) is 0 Å². The number of benzene rings is 1. The van der Waals surface area contributed by atoms with Crippen LogP contribution >= 0.6 is 0 Å². The van der Waals surface area contributed by atoms with Crippen molar-refractivity contribution >= 4 is 5.97 Å². The van der Waals surface area contributed by atoms with Crippen LogP contribution in [-0.2, 0) is 22.4 Å². The van der Waals surface area contributed by atoms with E-state index in [0.717, 1.165) is 18.4 Å². The molecule has 0 saturated heterocycles. The molecule has 19 heavy (non-hydrogen) atoms. The average molecular weight is 263 g/mol. The van der Waals surface area contributed by atoms with Crippen LogP contribution in [0.1, 0.15) is 45.2 Å². The molecule has 0 fully saturated rings. The van der Waals surface area contributed by atoms with E-state index in [1.807, 2.05) is 45.0 Å². The summed E-state index contributed by atoms with van der Waals surface area (Å²) in [4.78, 5) is 11.8. The molecule has 1 atom stereocenters. The van der Waals surface area contributed by atoms with Gasteiger partial charge in [0.15, 0.2) is 0 Å². The molecule has 106 valence electrons. The van der Waals surface area contributed by atoms with Gasteiger partial charge in [0.05, 0.1) is 6.42 Å². The highest BCUT2D eigenvalue weighted by molar-refractivity contribution is 5.73. The average Bonchev–Trinajstić information content (AvgIpc) is 2.26. The van der Waals surface area contributed by atoms with E-state index in [1.54, 1.807) is 0 Å². The van der Waals surface area contributed by atoms with Gasteiger partial charge in [-0.2, -0.15) is 0 Å². The lowest BCUT2D eigenvalue weighted by Gasteiger charge is -2.19. The van der Waals surface area contributed by atoms with Crippen molar-refractivity contribution in [3.63, 3.8) is 0 Å². The van der Waals surface area contributed by atoms with Gasteiger partial charge in [-0.25, -0.2) is 0 Å². The van der Waals surface area contributed by atoms with Gasteiger partial charge in [-0.15, -0.1) is 0 Å². The summed E-state index contributed by atoms with van der Waals surface area (Å²) >= 11 is 0. The van der Waals surface area contributed by atoms with Crippen LogP contribution in [0.15, 0.2) is 24.3 Å². The van der Waals surface area contributed by atoms with Gasteiger partial charge < -0.3 is 10.5 Å². The fourth-order valence-corrected chi connectivity index (χ4v) is 1.86. The molecule has 0 saturated carbocycles. The predicted molar refractivity (Wildman–Crippen MR) is 78.0 cm³/mol. The third-order valence-corrected chi connectivity index (χ3v) is 2.78. The fourth-order valence-electron chi connectivity index (χ4n) is 1.86. The number of esters is 1. The summed E-state index contributed by atoms with van der Waals surface area (Å²) in [5, 5.41) is 0. The van der Waals surface area contributed by atoms with Gasteiger partial charge in [0.25, 0.3) is 0 Å². The Balaban J connectivity index is 2.64. The van der Waals surface area contributed by atoms with Gasteiger partial charge in [-0.05, 0) is 44.7 Å². The summed E-state index contributed by atoms with van der Waals surface area (Å²) in [6.45, 7) is 7.71. The number of carbonyl (C=O) groups is 1. The molecule has 0 unspecified atom stereocenters. The van der Waals surface area contributed by atoms with E-state index in [0.29, 0.717) is 6.42 Å². The highest BCUT2D eigenvalue weighted by atomic mass is 16.6. The first-order chi connectivity index (χ1) is 8.80. The first-order valence-corrected chi connectivity index (χ1v) is 6.85. The summed E-state index contributed by atoms with van der Waals surface area (Å²) in [5.41, 5.74) is 7.67. The molecule has 0 aliphatic heterocycles. The molecule has 1 rings (SSSR count). The molecule has 0 amide bonds. The molecule has 0 radical (unpaired) electrons. The van der Waals surface area contributed by atoms with E-state index in [4.69, 9.17) is 10.5 Å². The number of hydrogen-bond acceptors (Lipinski definition) is 3. The summed E-state index contributed by atoms with van der Waals surface area (Å²) in [6, 6.07) is 8.19. The van der Waals surface area contributed by atoms with E-state index in [9.17, 15) is 4.79 Å². The van der Waals surface area contributed by atoms with Crippen molar-refractivity contribution in [3.05, 3.63) is 35.4 Å². The molecule has 0 aliphatic carbocycles. The molecule has 0 aliphatic rings. The van der Waals surface area contributed by atoms with Gasteiger partial charge >= 0.3 is 5.97 Å². The van der Waals surface area contributed by atoms with Crippen LogP contribution in [0.25, 0.3) is 0 Å². The minimum atomic E-state index is -0.431. The highest BCUT2D eigenvalue weighted by Gasteiger charge is 2.16. The zero-order chi connectivity index (χ0) is 14.5. The Hall–Kier alpha value is -1.35. The monoisotopic (exact) mass is 263 g/mol. The van der Waals surface area contributed by atoms with Crippen molar-refractivity contribution in [2.24, 2.45) is 5.73 Å². The first-order valence-electron chi connectivity index (χ1n) is 6.85. The second kappa shape index (κ2) is 6.71. The molecule has 1 aromatic rings. The maximum Gasteiger partial charge on any atom is 0.310 e. The van der Waals surface area contributed by atoms with Crippen LogP contribution < -0.4 is 5.73 Å². The van der Waals surface area contributed by atoms with Gasteiger partial charge in [-0.1, -0.05) is 31.2 Å². The molecule has 0 aromatic heterocycles. The Kier molecular flexibility index (Phi) is 5.55. The van der Waals surface area contributed by atoms with Crippen LogP contribution in [0.4, 0.5) is 0 Å². The van der Waals surface area contributed by atoms with Crippen molar-refractivity contribution < 1.29 is 9.53 Å². The minimum absolute atomic E-state index is 0.178. The maximum atomic E-state index is 11.8. The zero-order valence-electron chi connectivity index (χ0n) is 12.4. The fraction of sp³-hybridized carbons (Fsp3) is 0.562. The van der Waals surface area contributed by atoms with Crippen molar-refractivity contribution in [2.45, 2.75) is 58.6 Å². The minimum Gasteiger partial charge on any atom is -0.460 e. The largest absolute Gasteiger partial charge is 0.460 e. The summed E-state index contributed by atoms with van der Waals surface area (Å²) < 4.78 is 5.32. The number of rotatable bonds is 5. The van der Waals surface area contributed by atoms with Crippen LogP contribution in [0.5, 0.6) is 0 Å². The van der Waals surface area contributed by atoms with Gasteiger partial charge in [0.1, 0.15) is 5.60 Å². The second-order valence-electron chi connectivity index (χ2n) is 5.96. The molecule has 0 spiro atoms. The lowest BCUT2D eigenvalue weighted by molar-refractivity contribution is -0.153. The van der Waals surface area contributed by atoms with E-state index in [2.05, 4.69) is 6.92 Å². The Bertz CT molecular complexity index is 421. The molecule has 1 aromatic carbocycles. The van der Waals surface area contributed by atoms with Gasteiger partial charge in [-0.3, -0.25) is 4.79 Å². The second-order valence-corrected chi connectivity index (χ2v) is 5.96. The quantitative estimate of drug-likeness (QED) is 0.831. The lowest BCUT2D eigenvalue weighted by Crippen LogP contribution is -2.25. The third-order valence-electron chi connectivity index (χ3n) is 2.78.